The summed E-state index contributed by atoms with van der Waals surface area (Å²) in [7, 11) is 0. The molecule has 0 bridgehead atoms. The lowest BCUT2D eigenvalue weighted by atomic mass is 10.2. The second-order valence-corrected chi connectivity index (χ2v) is 3.06. The van der Waals surface area contributed by atoms with Gasteiger partial charge in [-0.25, -0.2) is 0 Å². The maximum Gasteiger partial charge on any atom is 0.254 e. The van der Waals surface area contributed by atoms with Crippen LogP contribution in [0, 0.1) is 0 Å². The lowest BCUT2D eigenvalue weighted by Crippen LogP contribution is -2.34. The van der Waals surface area contributed by atoms with Crippen molar-refractivity contribution in [1.82, 2.24) is 4.90 Å². The van der Waals surface area contributed by atoms with Crippen molar-refractivity contribution in [2.24, 2.45) is 0 Å². The molecule has 0 saturated carbocycles. The Kier molecular flexibility index (Phi) is 3.48. The highest BCUT2D eigenvalue weighted by atomic mass is 16.6. The van der Waals surface area contributed by atoms with Crippen LogP contribution in [0.4, 0.5) is 0 Å². The summed E-state index contributed by atoms with van der Waals surface area (Å²) in [4.78, 5) is 13.4. The van der Waals surface area contributed by atoms with Crippen molar-refractivity contribution < 1.29 is 9.53 Å². The highest BCUT2D eigenvalue weighted by Crippen LogP contribution is 2.25. The lowest BCUT2D eigenvalue weighted by molar-refractivity contribution is -0.132. The molecule has 13 heavy (non-hydrogen) atoms. The smallest absolute Gasteiger partial charge is 0.254 e. The molecule has 1 aliphatic rings. The van der Waals surface area contributed by atoms with Crippen molar-refractivity contribution in [3.63, 3.8) is 0 Å². The minimum atomic E-state index is -0.212. The molecular weight excluding hydrogens is 166 g/mol. The van der Waals surface area contributed by atoms with E-state index in [1.54, 1.807) is 4.90 Å². The van der Waals surface area contributed by atoms with Gasteiger partial charge in [0.25, 0.3) is 5.91 Å². The maximum absolute atomic E-state index is 11.6. The van der Waals surface area contributed by atoms with E-state index in [1.165, 1.54) is 0 Å². The summed E-state index contributed by atoms with van der Waals surface area (Å²) in [6.45, 7) is 7.42. The van der Waals surface area contributed by atoms with E-state index in [-0.39, 0.29) is 18.1 Å². The van der Waals surface area contributed by atoms with Gasteiger partial charge in [-0.2, -0.15) is 0 Å². The number of likely N-dealkylation sites (N-methyl/N-ethyl adjacent to an activating group) is 1. The minimum Gasteiger partial charge on any atom is -0.355 e. The molecule has 3 heteroatoms. The summed E-state index contributed by atoms with van der Waals surface area (Å²) in [5, 5.41) is 0. The van der Waals surface area contributed by atoms with E-state index in [1.807, 2.05) is 32.9 Å². The van der Waals surface area contributed by atoms with Gasteiger partial charge < -0.3 is 9.64 Å². The average molecular weight is 183 g/mol. The number of epoxide rings is 1. The van der Waals surface area contributed by atoms with Crippen molar-refractivity contribution in [3.8, 4) is 0 Å². The van der Waals surface area contributed by atoms with Gasteiger partial charge >= 0.3 is 0 Å². The second-order valence-electron chi connectivity index (χ2n) is 3.06. The quantitative estimate of drug-likeness (QED) is 0.484. The predicted molar refractivity (Wildman–Crippen MR) is 51.4 cm³/mol. The van der Waals surface area contributed by atoms with Gasteiger partial charge in [0.05, 0.1) is 0 Å². The summed E-state index contributed by atoms with van der Waals surface area (Å²) < 4.78 is 5.23. The number of carbonyl (C=O) groups excluding carboxylic acids is 1. The first-order valence-electron chi connectivity index (χ1n) is 4.81. The third-order valence-electron chi connectivity index (χ3n) is 2.23. The molecule has 3 nitrogen and oxygen atoms in total. The van der Waals surface area contributed by atoms with Crippen LogP contribution < -0.4 is 0 Å². The first kappa shape index (κ1) is 10.3. The number of allylic oxidation sites excluding steroid dienone is 1. The fraction of sp³-hybridized carbons (Fsp3) is 0.700. The molecule has 0 aromatic carbocycles. The Balaban J connectivity index is 2.42. The maximum atomic E-state index is 11.6. The van der Waals surface area contributed by atoms with Crippen molar-refractivity contribution in [3.05, 3.63) is 12.2 Å². The van der Waals surface area contributed by atoms with E-state index in [4.69, 9.17) is 4.74 Å². The number of ether oxygens (including phenoxy) is 1. The Labute approximate surface area is 79.4 Å². The Morgan fingerprint density at radius 1 is 1.46 bits per heavy atom. The van der Waals surface area contributed by atoms with Crippen molar-refractivity contribution >= 4 is 5.91 Å². The Hall–Kier alpha value is -0.830. The molecule has 0 N–H and O–H groups in total. The highest BCUT2D eigenvalue weighted by Gasteiger charge is 2.44. The van der Waals surface area contributed by atoms with Crippen LogP contribution >= 0.6 is 0 Å². The molecule has 1 saturated heterocycles. The molecule has 0 spiro atoms. The molecule has 1 amide bonds. The fourth-order valence-electron chi connectivity index (χ4n) is 1.37. The summed E-state index contributed by atoms with van der Waals surface area (Å²) in [6.07, 6.45) is 3.65. The molecule has 1 rings (SSSR count). The van der Waals surface area contributed by atoms with Crippen LogP contribution in [0.1, 0.15) is 20.8 Å². The number of nitrogens with zero attached hydrogens (tertiary/aromatic N) is 1. The Morgan fingerprint density at radius 3 is 2.54 bits per heavy atom. The number of rotatable bonds is 4. The van der Waals surface area contributed by atoms with Gasteiger partial charge in [0.1, 0.15) is 6.10 Å². The van der Waals surface area contributed by atoms with E-state index in [2.05, 4.69) is 0 Å². The zero-order valence-corrected chi connectivity index (χ0v) is 8.49. The van der Waals surface area contributed by atoms with Crippen LogP contribution in [-0.4, -0.2) is 36.1 Å². The molecule has 2 atom stereocenters. The average Bonchev–Trinajstić information content (AvgIpc) is 2.87. The zero-order chi connectivity index (χ0) is 9.84. The third-order valence-corrected chi connectivity index (χ3v) is 2.23. The van der Waals surface area contributed by atoms with E-state index in [0.29, 0.717) is 0 Å². The van der Waals surface area contributed by atoms with Crippen molar-refractivity contribution in [1.29, 1.82) is 0 Å². The van der Waals surface area contributed by atoms with E-state index >= 15 is 0 Å². The minimum absolute atomic E-state index is 0.0260. The fourth-order valence-corrected chi connectivity index (χ4v) is 1.37. The number of amides is 1. The standard InChI is InChI=1S/C10H17NO2/c1-4-7-8-9(13-8)10(12)11(5-2)6-3/h4,7-9H,5-6H2,1-3H3/b7-4+. The summed E-state index contributed by atoms with van der Waals surface area (Å²) in [6, 6.07) is 0. The van der Waals surface area contributed by atoms with E-state index < -0.39 is 0 Å². The Morgan fingerprint density at radius 2 is 2.08 bits per heavy atom. The molecule has 1 heterocycles. The molecule has 1 aliphatic heterocycles. The van der Waals surface area contributed by atoms with Crippen LogP contribution in [0.15, 0.2) is 12.2 Å². The first-order valence-corrected chi connectivity index (χ1v) is 4.81. The van der Waals surface area contributed by atoms with Gasteiger partial charge in [-0.1, -0.05) is 12.2 Å². The van der Waals surface area contributed by atoms with Crippen LogP contribution in [0.5, 0.6) is 0 Å². The predicted octanol–water partition coefficient (Wildman–Crippen LogP) is 1.20. The second kappa shape index (κ2) is 4.42. The Bertz CT molecular complexity index is 209. The molecule has 0 aliphatic carbocycles. The SMILES string of the molecule is C/C=C/C1OC1C(=O)N(CC)CC. The number of carbonyl (C=O) groups is 1. The van der Waals surface area contributed by atoms with Gasteiger partial charge in [-0.15, -0.1) is 0 Å². The lowest BCUT2D eigenvalue weighted by Gasteiger charge is -2.16. The molecule has 1 fully saturated rings. The number of hydrogen-bond donors (Lipinski definition) is 0. The molecule has 2 unspecified atom stereocenters. The summed E-state index contributed by atoms with van der Waals surface area (Å²) >= 11 is 0. The zero-order valence-electron chi connectivity index (χ0n) is 8.49. The van der Waals surface area contributed by atoms with E-state index in [0.717, 1.165) is 13.1 Å². The van der Waals surface area contributed by atoms with Crippen molar-refractivity contribution in [2.75, 3.05) is 13.1 Å². The van der Waals surface area contributed by atoms with Gasteiger partial charge in [-0.3, -0.25) is 4.79 Å². The van der Waals surface area contributed by atoms with Crippen LogP contribution in [0.2, 0.25) is 0 Å². The molecule has 74 valence electrons. The third kappa shape index (κ3) is 2.31. The molecule has 0 radical (unpaired) electrons. The van der Waals surface area contributed by atoms with Crippen LogP contribution in [-0.2, 0) is 9.53 Å². The largest absolute Gasteiger partial charge is 0.355 e. The molecular formula is C10H17NO2. The van der Waals surface area contributed by atoms with Crippen LogP contribution in [0.25, 0.3) is 0 Å². The monoisotopic (exact) mass is 183 g/mol. The van der Waals surface area contributed by atoms with E-state index in [9.17, 15) is 4.79 Å². The van der Waals surface area contributed by atoms with Gasteiger partial charge in [-0.05, 0) is 20.8 Å². The van der Waals surface area contributed by atoms with Crippen molar-refractivity contribution in [2.45, 2.75) is 33.0 Å². The van der Waals surface area contributed by atoms with Crippen LogP contribution in [0.3, 0.4) is 0 Å². The van der Waals surface area contributed by atoms with Gasteiger partial charge in [0, 0.05) is 13.1 Å². The first-order chi connectivity index (χ1) is 6.24. The summed E-state index contributed by atoms with van der Waals surface area (Å²) in [5.41, 5.74) is 0. The highest BCUT2D eigenvalue weighted by molar-refractivity contribution is 5.84. The normalized spacial score (nSPS) is 26.4. The summed E-state index contributed by atoms with van der Waals surface area (Å²) in [5.74, 6) is 0.119. The van der Waals surface area contributed by atoms with Gasteiger partial charge in [0.2, 0.25) is 0 Å². The molecule has 0 aromatic heterocycles. The molecule has 0 aromatic rings. The number of hydrogen-bond acceptors (Lipinski definition) is 2. The van der Waals surface area contributed by atoms with Gasteiger partial charge in [0.15, 0.2) is 6.10 Å². The topological polar surface area (TPSA) is 32.8 Å².